The van der Waals surface area contributed by atoms with Gasteiger partial charge >= 0.3 is 11.9 Å². The van der Waals surface area contributed by atoms with E-state index >= 15 is 0 Å². The third-order valence-corrected chi connectivity index (χ3v) is 5.05. The van der Waals surface area contributed by atoms with E-state index in [1.165, 1.54) is 0 Å². The van der Waals surface area contributed by atoms with Gasteiger partial charge in [0.15, 0.2) is 0 Å². The summed E-state index contributed by atoms with van der Waals surface area (Å²) in [5.74, 6) is -4.91. The molecule has 33 heavy (non-hydrogen) atoms. The van der Waals surface area contributed by atoms with Crippen LogP contribution < -0.4 is 33.2 Å². The zero-order valence-electron chi connectivity index (χ0n) is 18.5. The van der Waals surface area contributed by atoms with E-state index in [2.05, 4.69) is 28.6 Å². The monoisotopic (exact) mass is 492 g/mol. The molecule has 0 saturated heterocycles. The lowest BCUT2D eigenvalue weighted by Crippen LogP contribution is -2.57. The second-order valence-corrected chi connectivity index (χ2v) is 7.84. The molecule has 0 aromatic rings. The number of thiol groups is 1. The molecule has 0 aliphatic rings. The SMILES string of the molecule is NCCCCC(NC(=O)C(CS)NC(=O)C(CCCCN)NC(=O)C(N)CC(=O)O)C(=O)O. The van der Waals surface area contributed by atoms with Gasteiger partial charge in [0.25, 0.3) is 0 Å². The number of carboxylic acid groups (broad SMARTS) is 2. The maximum atomic E-state index is 12.8. The lowest BCUT2D eigenvalue weighted by Gasteiger charge is -2.24. The number of amides is 3. The average molecular weight is 493 g/mol. The Kier molecular flexibility index (Phi) is 15.9. The van der Waals surface area contributed by atoms with Gasteiger partial charge in [0.2, 0.25) is 17.7 Å². The van der Waals surface area contributed by atoms with Gasteiger partial charge in [-0.2, -0.15) is 12.6 Å². The van der Waals surface area contributed by atoms with Gasteiger partial charge in [0.1, 0.15) is 18.1 Å². The number of rotatable bonds is 18. The third kappa shape index (κ3) is 13.0. The third-order valence-electron chi connectivity index (χ3n) is 4.69. The summed E-state index contributed by atoms with van der Waals surface area (Å²) in [6.07, 6.45) is 1.86. The van der Waals surface area contributed by atoms with Crippen molar-refractivity contribution in [3.63, 3.8) is 0 Å². The van der Waals surface area contributed by atoms with Crippen molar-refractivity contribution in [3.05, 3.63) is 0 Å². The minimum absolute atomic E-state index is 0.130. The largest absolute Gasteiger partial charge is 0.481 e. The van der Waals surface area contributed by atoms with Crippen LogP contribution in [0, 0.1) is 0 Å². The van der Waals surface area contributed by atoms with Gasteiger partial charge in [0.05, 0.1) is 12.5 Å². The Morgan fingerprint density at radius 1 is 0.727 bits per heavy atom. The predicted molar refractivity (Wildman–Crippen MR) is 123 cm³/mol. The maximum absolute atomic E-state index is 12.8. The Hall–Kier alpha value is -2.42. The van der Waals surface area contributed by atoms with Crippen LogP contribution in [0.1, 0.15) is 44.9 Å². The van der Waals surface area contributed by atoms with Crippen LogP contribution in [-0.2, 0) is 24.0 Å². The quantitative estimate of drug-likeness (QED) is 0.0720. The zero-order valence-corrected chi connectivity index (χ0v) is 19.4. The van der Waals surface area contributed by atoms with Gasteiger partial charge < -0.3 is 43.4 Å². The summed E-state index contributed by atoms with van der Waals surface area (Å²) in [4.78, 5) is 59.7. The van der Waals surface area contributed by atoms with Crippen LogP contribution in [0.15, 0.2) is 0 Å². The molecule has 0 aromatic carbocycles. The Balaban J connectivity index is 5.20. The summed E-state index contributed by atoms with van der Waals surface area (Å²) in [7, 11) is 0. The molecule has 4 atom stereocenters. The number of nitrogens with one attached hydrogen (secondary N) is 3. The fourth-order valence-electron chi connectivity index (χ4n) is 2.81. The minimum Gasteiger partial charge on any atom is -0.481 e. The molecule has 0 rings (SSSR count). The van der Waals surface area contributed by atoms with Gasteiger partial charge in [0, 0.05) is 5.75 Å². The molecule has 14 heteroatoms. The molecular formula is C19H36N6O7S. The van der Waals surface area contributed by atoms with Crippen LogP contribution >= 0.6 is 12.6 Å². The topological polar surface area (TPSA) is 240 Å². The smallest absolute Gasteiger partial charge is 0.326 e. The fourth-order valence-corrected chi connectivity index (χ4v) is 3.07. The van der Waals surface area contributed by atoms with Crippen LogP contribution in [0.25, 0.3) is 0 Å². The highest BCUT2D eigenvalue weighted by Gasteiger charge is 2.29. The first-order valence-corrected chi connectivity index (χ1v) is 11.3. The number of carboxylic acids is 2. The minimum atomic E-state index is -1.36. The van der Waals surface area contributed by atoms with Crippen LogP contribution in [-0.4, -0.2) is 82.9 Å². The summed E-state index contributed by atoms with van der Waals surface area (Å²) in [6.45, 7) is 0.756. The molecule has 3 amide bonds. The summed E-state index contributed by atoms with van der Waals surface area (Å²) in [6, 6.07) is -4.78. The summed E-state index contributed by atoms with van der Waals surface area (Å²) < 4.78 is 0. The van der Waals surface area contributed by atoms with Crippen molar-refractivity contribution in [2.45, 2.75) is 69.1 Å². The highest BCUT2D eigenvalue weighted by atomic mass is 32.1. The van der Waals surface area contributed by atoms with E-state index in [-0.39, 0.29) is 18.6 Å². The molecule has 0 bridgehead atoms. The first kappa shape index (κ1) is 30.6. The molecule has 0 aromatic heterocycles. The molecule has 190 valence electrons. The molecule has 0 heterocycles. The average Bonchev–Trinajstić information content (AvgIpc) is 2.75. The second-order valence-electron chi connectivity index (χ2n) is 7.48. The van der Waals surface area contributed by atoms with E-state index in [0.717, 1.165) is 0 Å². The summed E-state index contributed by atoms with van der Waals surface area (Å²) in [5.41, 5.74) is 16.4. The molecular weight excluding hydrogens is 456 g/mol. The lowest BCUT2D eigenvalue weighted by molar-refractivity contribution is -0.142. The van der Waals surface area contributed by atoms with Crippen molar-refractivity contribution in [2.75, 3.05) is 18.8 Å². The molecule has 0 spiro atoms. The summed E-state index contributed by atoms with van der Waals surface area (Å²) in [5, 5.41) is 25.3. The standard InChI is InChI=1S/C19H36N6O7S/c20-7-3-1-5-12(23-16(28)11(22)9-15(26)27)17(29)25-14(10-33)18(30)24-13(19(31)32)6-2-4-8-21/h11-14,33H,1-10,20-22H2,(H,23,28)(H,24,30)(H,25,29)(H,26,27)(H,31,32). The Morgan fingerprint density at radius 2 is 1.18 bits per heavy atom. The van der Waals surface area contributed by atoms with Gasteiger partial charge in [-0.15, -0.1) is 0 Å². The number of hydrogen-bond donors (Lipinski definition) is 9. The summed E-state index contributed by atoms with van der Waals surface area (Å²) >= 11 is 4.06. The number of carbonyl (C=O) groups excluding carboxylic acids is 3. The number of nitrogens with two attached hydrogens (primary N) is 3. The second kappa shape index (κ2) is 17.1. The number of aliphatic carboxylic acids is 2. The van der Waals surface area contributed by atoms with Gasteiger partial charge in [-0.1, -0.05) is 0 Å². The van der Waals surface area contributed by atoms with Crippen molar-refractivity contribution in [3.8, 4) is 0 Å². The number of carbonyl (C=O) groups is 5. The van der Waals surface area contributed by atoms with Crippen LogP contribution in [0.5, 0.6) is 0 Å². The first-order valence-electron chi connectivity index (χ1n) is 10.7. The van der Waals surface area contributed by atoms with Crippen LogP contribution in [0.4, 0.5) is 0 Å². The van der Waals surface area contributed by atoms with Crippen molar-refractivity contribution >= 4 is 42.3 Å². The lowest BCUT2D eigenvalue weighted by atomic mass is 10.1. The molecule has 0 aliphatic carbocycles. The van der Waals surface area contributed by atoms with E-state index < -0.39 is 60.2 Å². The highest BCUT2D eigenvalue weighted by molar-refractivity contribution is 7.80. The molecule has 4 unspecified atom stereocenters. The van der Waals surface area contributed by atoms with E-state index in [1.54, 1.807) is 0 Å². The van der Waals surface area contributed by atoms with E-state index in [0.29, 0.717) is 38.8 Å². The molecule has 0 radical (unpaired) electrons. The van der Waals surface area contributed by atoms with Crippen LogP contribution in [0.3, 0.4) is 0 Å². The number of unbranched alkanes of at least 4 members (excludes halogenated alkanes) is 2. The molecule has 0 fully saturated rings. The van der Waals surface area contributed by atoms with E-state index in [9.17, 15) is 29.1 Å². The van der Waals surface area contributed by atoms with Gasteiger partial charge in [-0.3, -0.25) is 19.2 Å². The van der Waals surface area contributed by atoms with Crippen LogP contribution in [0.2, 0.25) is 0 Å². The zero-order chi connectivity index (χ0) is 25.4. The number of hydrogen-bond acceptors (Lipinski definition) is 9. The van der Waals surface area contributed by atoms with E-state index in [4.69, 9.17) is 22.3 Å². The Morgan fingerprint density at radius 3 is 1.64 bits per heavy atom. The molecule has 0 saturated carbocycles. The molecule has 13 nitrogen and oxygen atoms in total. The van der Waals surface area contributed by atoms with Crippen molar-refractivity contribution < 1.29 is 34.2 Å². The Labute approximate surface area is 198 Å². The normalized spacial score (nSPS) is 14.4. The predicted octanol–water partition coefficient (Wildman–Crippen LogP) is -2.48. The maximum Gasteiger partial charge on any atom is 0.326 e. The van der Waals surface area contributed by atoms with Crippen molar-refractivity contribution in [1.29, 1.82) is 0 Å². The van der Waals surface area contributed by atoms with Crippen molar-refractivity contribution in [2.24, 2.45) is 17.2 Å². The molecule has 11 N–H and O–H groups in total. The van der Waals surface area contributed by atoms with Crippen molar-refractivity contribution in [1.82, 2.24) is 16.0 Å². The first-order chi connectivity index (χ1) is 15.6. The molecule has 0 aliphatic heterocycles. The highest BCUT2D eigenvalue weighted by Crippen LogP contribution is 2.05. The van der Waals surface area contributed by atoms with Gasteiger partial charge in [-0.05, 0) is 51.6 Å². The van der Waals surface area contributed by atoms with E-state index in [1.807, 2.05) is 0 Å². The Bertz CT molecular complexity index is 667. The fraction of sp³-hybridized carbons (Fsp3) is 0.737. The van der Waals surface area contributed by atoms with Gasteiger partial charge in [-0.25, -0.2) is 4.79 Å².